The van der Waals surface area contributed by atoms with Crippen molar-refractivity contribution in [2.24, 2.45) is 0 Å². The van der Waals surface area contributed by atoms with Crippen LogP contribution in [-0.4, -0.2) is 25.9 Å². The van der Waals surface area contributed by atoms with Crippen LogP contribution in [0.25, 0.3) is 0 Å². The van der Waals surface area contributed by atoms with E-state index < -0.39 is 28.3 Å². The van der Waals surface area contributed by atoms with Crippen LogP contribution in [0.1, 0.15) is 0 Å². The molecule has 0 unspecified atom stereocenters. The summed E-state index contributed by atoms with van der Waals surface area (Å²) in [5.74, 6) is -1.11. The molecule has 1 aromatic heterocycles. The summed E-state index contributed by atoms with van der Waals surface area (Å²) in [6.07, 6.45) is 1.46. The molecule has 9 heteroatoms. The number of anilines is 2. The second kappa shape index (κ2) is 7.63. The van der Waals surface area contributed by atoms with Crippen LogP contribution in [0.15, 0.2) is 71.1 Å². The number of halogens is 1. The Kier molecular flexibility index (Phi) is 5.29. The lowest BCUT2D eigenvalue weighted by Crippen LogP contribution is -2.38. The molecule has 0 aliphatic carbocycles. The van der Waals surface area contributed by atoms with E-state index in [0.29, 0.717) is 0 Å². The standard InChI is InChI=1S/C17H14FN3O3S2/c18-13-5-4-6-14(11-13)20-16(22)12-21(17-19-9-10-25-17)26(23,24)15-7-2-1-3-8-15/h1-11H,12H2,(H,20,22). The summed E-state index contributed by atoms with van der Waals surface area (Å²) in [6, 6.07) is 13.1. The second-order valence-corrected chi connectivity index (χ2v) is 7.93. The molecule has 0 radical (unpaired) electrons. The Morgan fingerprint density at radius 2 is 1.92 bits per heavy atom. The Morgan fingerprint density at radius 1 is 1.15 bits per heavy atom. The van der Waals surface area contributed by atoms with Crippen molar-refractivity contribution in [1.82, 2.24) is 4.98 Å². The zero-order valence-corrected chi connectivity index (χ0v) is 15.0. The monoisotopic (exact) mass is 391 g/mol. The molecule has 0 aliphatic heterocycles. The van der Waals surface area contributed by atoms with Gasteiger partial charge in [0.05, 0.1) is 4.90 Å². The summed E-state index contributed by atoms with van der Waals surface area (Å²) >= 11 is 1.10. The Morgan fingerprint density at radius 3 is 2.58 bits per heavy atom. The predicted octanol–water partition coefficient (Wildman–Crippen LogP) is 3.12. The maximum Gasteiger partial charge on any atom is 0.266 e. The number of rotatable bonds is 6. The van der Waals surface area contributed by atoms with Gasteiger partial charge in [-0.3, -0.25) is 4.79 Å². The average molecular weight is 391 g/mol. The molecule has 0 spiro atoms. The summed E-state index contributed by atoms with van der Waals surface area (Å²) < 4.78 is 40.0. The largest absolute Gasteiger partial charge is 0.324 e. The van der Waals surface area contributed by atoms with Gasteiger partial charge < -0.3 is 5.32 Å². The predicted molar refractivity (Wildman–Crippen MR) is 98.1 cm³/mol. The molecule has 0 saturated carbocycles. The Labute approximate surface area is 154 Å². The van der Waals surface area contributed by atoms with E-state index in [2.05, 4.69) is 10.3 Å². The van der Waals surface area contributed by atoms with E-state index in [1.165, 1.54) is 36.5 Å². The fourth-order valence-corrected chi connectivity index (χ4v) is 4.48. The molecule has 6 nitrogen and oxygen atoms in total. The molecule has 1 heterocycles. The highest BCUT2D eigenvalue weighted by molar-refractivity contribution is 7.93. The highest BCUT2D eigenvalue weighted by Gasteiger charge is 2.28. The third kappa shape index (κ3) is 4.06. The van der Waals surface area contributed by atoms with Crippen molar-refractivity contribution in [1.29, 1.82) is 0 Å². The molecule has 0 saturated heterocycles. The average Bonchev–Trinajstić information content (AvgIpc) is 3.14. The Hall–Kier alpha value is -2.78. The molecule has 0 atom stereocenters. The summed E-state index contributed by atoms with van der Waals surface area (Å²) in [6.45, 7) is -0.485. The first-order chi connectivity index (χ1) is 12.5. The molecular weight excluding hydrogens is 377 g/mol. The van der Waals surface area contributed by atoms with Crippen LogP contribution >= 0.6 is 11.3 Å². The first-order valence-corrected chi connectivity index (χ1v) is 9.81. The van der Waals surface area contributed by atoms with Gasteiger partial charge in [-0.15, -0.1) is 11.3 Å². The molecule has 0 bridgehead atoms. The van der Waals surface area contributed by atoms with Crippen molar-refractivity contribution in [3.63, 3.8) is 0 Å². The lowest BCUT2D eigenvalue weighted by molar-refractivity contribution is -0.114. The molecule has 1 N–H and O–H groups in total. The molecule has 3 rings (SSSR count). The number of hydrogen-bond donors (Lipinski definition) is 1. The van der Waals surface area contributed by atoms with Gasteiger partial charge in [0, 0.05) is 17.3 Å². The van der Waals surface area contributed by atoms with Gasteiger partial charge in [0.25, 0.3) is 10.0 Å². The number of hydrogen-bond acceptors (Lipinski definition) is 5. The van der Waals surface area contributed by atoms with Crippen LogP contribution in [0.2, 0.25) is 0 Å². The molecular formula is C17H14FN3O3S2. The lowest BCUT2D eigenvalue weighted by atomic mass is 10.3. The van der Waals surface area contributed by atoms with Gasteiger partial charge in [0.1, 0.15) is 12.4 Å². The van der Waals surface area contributed by atoms with Crippen molar-refractivity contribution in [3.05, 3.63) is 72.0 Å². The Bertz CT molecular complexity index is 993. The smallest absolute Gasteiger partial charge is 0.266 e. The third-order valence-electron chi connectivity index (χ3n) is 3.36. The summed E-state index contributed by atoms with van der Waals surface area (Å²) in [5.41, 5.74) is 0.242. The van der Waals surface area contributed by atoms with Gasteiger partial charge in [-0.1, -0.05) is 24.3 Å². The number of aromatic nitrogens is 1. The zero-order chi connectivity index (χ0) is 18.6. The van der Waals surface area contributed by atoms with Crippen LogP contribution in [0.5, 0.6) is 0 Å². The van der Waals surface area contributed by atoms with Crippen molar-refractivity contribution >= 4 is 38.1 Å². The fraction of sp³-hybridized carbons (Fsp3) is 0.0588. The van der Waals surface area contributed by atoms with Crippen LogP contribution in [0.4, 0.5) is 15.2 Å². The van der Waals surface area contributed by atoms with Gasteiger partial charge in [-0.25, -0.2) is 22.1 Å². The van der Waals surface area contributed by atoms with Crippen LogP contribution in [0, 0.1) is 5.82 Å². The van der Waals surface area contributed by atoms with Crippen LogP contribution in [0.3, 0.4) is 0 Å². The molecule has 1 amide bonds. The number of nitrogens with zero attached hydrogens (tertiary/aromatic N) is 2. The Balaban J connectivity index is 1.87. The number of sulfonamides is 1. The number of carbonyl (C=O) groups is 1. The van der Waals surface area contributed by atoms with Crippen molar-refractivity contribution in [3.8, 4) is 0 Å². The SMILES string of the molecule is O=C(CN(c1nccs1)S(=O)(=O)c1ccccc1)Nc1cccc(F)c1. The molecule has 134 valence electrons. The number of carbonyl (C=O) groups excluding carboxylic acids is 1. The van der Waals surface area contributed by atoms with Crippen LogP contribution in [-0.2, 0) is 14.8 Å². The van der Waals surface area contributed by atoms with E-state index >= 15 is 0 Å². The van der Waals surface area contributed by atoms with Crippen molar-refractivity contribution in [2.45, 2.75) is 4.90 Å². The first-order valence-electron chi connectivity index (χ1n) is 7.49. The first kappa shape index (κ1) is 18.0. The van der Waals surface area contributed by atoms with E-state index in [4.69, 9.17) is 0 Å². The van der Waals surface area contributed by atoms with E-state index in [0.717, 1.165) is 21.7 Å². The molecule has 0 aliphatic rings. The number of amides is 1. The summed E-state index contributed by atoms with van der Waals surface area (Å²) in [7, 11) is -3.97. The van der Waals surface area contributed by atoms with Gasteiger partial charge in [-0.2, -0.15) is 0 Å². The maximum absolute atomic E-state index is 13.2. The third-order valence-corrected chi connectivity index (χ3v) is 6.02. The lowest BCUT2D eigenvalue weighted by Gasteiger charge is -2.21. The van der Waals surface area contributed by atoms with Gasteiger partial charge in [0.2, 0.25) is 5.91 Å². The van der Waals surface area contributed by atoms with Gasteiger partial charge in [0.15, 0.2) is 5.13 Å². The van der Waals surface area contributed by atoms with Crippen molar-refractivity contribution < 1.29 is 17.6 Å². The highest BCUT2D eigenvalue weighted by atomic mass is 32.2. The molecule has 26 heavy (non-hydrogen) atoms. The summed E-state index contributed by atoms with van der Waals surface area (Å²) in [5, 5.41) is 4.28. The van der Waals surface area contributed by atoms with Crippen LogP contribution < -0.4 is 9.62 Å². The maximum atomic E-state index is 13.2. The normalized spacial score (nSPS) is 11.1. The minimum Gasteiger partial charge on any atom is -0.324 e. The molecule has 2 aromatic carbocycles. The highest BCUT2D eigenvalue weighted by Crippen LogP contribution is 2.25. The fourth-order valence-electron chi connectivity index (χ4n) is 2.21. The van der Waals surface area contributed by atoms with Gasteiger partial charge in [-0.05, 0) is 30.3 Å². The van der Waals surface area contributed by atoms with Crippen molar-refractivity contribution in [2.75, 3.05) is 16.2 Å². The quantitative estimate of drug-likeness (QED) is 0.700. The summed E-state index contributed by atoms with van der Waals surface area (Å²) in [4.78, 5) is 16.4. The number of benzene rings is 2. The van der Waals surface area contributed by atoms with E-state index in [1.54, 1.807) is 23.6 Å². The zero-order valence-electron chi connectivity index (χ0n) is 13.4. The molecule has 0 fully saturated rings. The number of thiazole rings is 1. The second-order valence-electron chi connectivity index (χ2n) is 5.20. The van der Waals surface area contributed by atoms with E-state index in [9.17, 15) is 17.6 Å². The number of nitrogens with one attached hydrogen (secondary N) is 1. The van der Waals surface area contributed by atoms with E-state index in [-0.39, 0.29) is 15.7 Å². The topological polar surface area (TPSA) is 79.4 Å². The van der Waals surface area contributed by atoms with E-state index in [1.807, 2.05) is 0 Å². The van der Waals surface area contributed by atoms with Gasteiger partial charge >= 0.3 is 0 Å². The molecule has 3 aromatic rings. The minimum absolute atomic E-state index is 0.0498. The minimum atomic E-state index is -3.97.